The minimum Gasteiger partial charge on any atom is -0.506 e. The Balaban J connectivity index is 1.76. The summed E-state index contributed by atoms with van der Waals surface area (Å²) in [6.07, 6.45) is 6.23. The van der Waals surface area contributed by atoms with Gasteiger partial charge in [0.05, 0.1) is 5.02 Å². The van der Waals surface area contributed by atoms with E-state index < -0.39 is 0 Å². The van der Waals surface area contributed by atoms with Crippen LogP contribution in [0, 0.1) is 11.8 Å². The van der Waals surface area contributed by atoms with Crippen molar-refractivity contribution in [2.24, 2.45) is 11.8 Å². The van der Waals surface area contributed by atoms with Crippen LogP contribution in [0.1, 0.15) is 49.4 Å². The number of aromatic hydroxyl groups is 1. The van der Waals surface area contributed by atoms with Crippen LogP contribution >= 0.6 is 11.6 Å². The van der Waals surface area contributed by atoms with Gasteiger partial charge in [-0.25, -0.2) is 0 Å². The topological polar surface area (TPSA) is 49.3 Å². The molecule has 4 heteroatoms. The Morgan fingerprint density at radius 1 is 1.35 bits per heavy atom. The van der Waals surface area contributed by atoms with Crippen molar-refractivity contribution in [1.82, 2.24) is 5.32 Å². The van der Waals surface area contributed by atoms with E-state index in [0.29, 0.717) is 12.1 Å². The molecule has 0 aliphatic heterocycles. The van der Waals surface area contributed by atoms with Gasteiger partial charge >= 0.3 is 0 Å². The number of hydrogen-bond acceptors (Lipinski definition) is 2. The molecule has 1 aromatic rings. The fourth-order valence-corrected chi connectivity index (χ4v) is 2.94. The molecule has 2 N–H and O–H groups in total. The number of carbonyl (C=O) groups is 1. The number of phenols is 1. The molecule has 1 aromatic carbocycles. The third-order valence-corrected chi connectivity index (χ3v) is 4.49. The third kappa shape index (κ3) is 4.14. The lowest BCUT2D eigenvalue weighted by Crippen LogP contribution is -2.26. The first-order valence-corrected chi connectivity index (χ1v) is 7.70. The van der Waals surface area contributed by atoms with Crippen molar-refractivity contribution in [2.75, 3.05) is 6.54 Å². The summed E-state index contributed by atoms with van der Waals surface area (Å²) in [5, 5.41) is 12.5. The van der Waals surface area contributed by atoms with E-state index in [1.165, 1.54) is 37.8 Å². The summed E-state index contributed by atoms with van der Waals surface area (Å²) in [5.74, 6) is 1.48. The number of amides is 1. The molecule has 0 aromatic heterocycles. The van der Waals surface area contributed by atoms with Gasteiger partial charge in [0.15, 0.2) is 0 Å². The van der Waals surface area contributed by atoms with Gasteiger partial charge in [0.1, 0.15) is 5.75 Å². The van der Waals surface area contributed by atoms with Gasteiger partial charge in [-0.2, -0.15) is 0 Å². The zero-order valence-corrected chi connectivity index (χ0v) is 12.6. The highest BCUT2D eigenvalue weighted by molar-refractivity contribution is 6.32. The van der Waals surface area contributed by atoms with Gasteiger partial charge in [0, 0.05) is 12.1 Å². The molecule has 0 saturated heterocycles. The molecular weight excluding hydrogens is 274 g/mol. The van der Waals surface area contributed by atoms with Crippen molar-refractivity contribution in [3.8, 4) is 5.75 Å². The highest BCUT2D eigenvalue weighted by atomic mass is 35.5. The zero-order chi connectivity index (χ0) is 14.5. The smallest absolute Gasteiger partial charge is 0.251 e. The first kappa shape index (κ1) is 15.2. The maximum absolute atomic E-state index is 12.0. The van der Waals surface area contributed by atoms with Crippen LogP contribution in [0.15, 0.2) is 18.2 Å². The van der Waals surface area contributed by atoms with Gasteiger partial charge in [-0.1, -0.05) is 44.2 Å². The Bertz CT molecular complexity index is 468. The molecule has 1 saturated carbocycles. The van der Waals surface area contributed by atoms with Crippen LogP contribution in [0.25, 0.3) is 0 Å². The number of hydrogen-bond donors (Lipinski definition) is 2. The van der Waals surface area contributed by atoms with Crippen molar-refractivity contribution in [3.63, 3.8) is 0 Å². The van der Waals surface area contributed by atoms with E-state index in [-0.39, 0.29) is 16.7 Å². The fourth-order valence-electron chi connectivity index (χ4n) is 2.76. The van der Waals surface area contributed by atoms with Crippen LogP contribution in [-0.2, 0) is 0 Å². The molecule has 0 atom stereocenters. The number of rotatable bonds is 4. The second-order valence-corrected chi connectivity index (χ2v) is 6.24. The molecule has 1 amide bonds. The number of phenolic OH excluding ortho intramolecular Hbond substituents is 1. The van der Waals surface area contributed by atoms with Crippen LogP contribution in [0.3, 0.4) is 0 Å². The normalized spacial score (nSPS) is 22.5. The second-order valence-electron chi connectivity index (χ2n) is 5.84. The summed E-state index contributed by atoms with van der Waals surface area (Å²) in [5.41, 5.74) is 0.491. The van der Waals surface area contributed by atoms with Gasteiger partial charge in [-0.05, 0) is 36.5 Å². The minimum atomic E-state index is -0.129. The summed E-state index contributed by atoms with van der Waals surface area (Å²) < 4.78 is 0. The minimum absolute atomic E-state index is 0.000424. The summed E-state index contributed by atoms with van der Waals surface area (Å²) >= 11 is 5.80. The third-order valence-electron chi connectivity index (χ3n) is 4.18. The fraction of sp³-hybridized carbons (Fsp3) is 0.562. The Morgan fingerprint density at radius 2 is 2.05 bits per heavy atom. The van der Waals surface area contributed by atoms with Gasteiger partial charge in [-0.3, -0.25) is 4.79 Å². The van der Waals surface area contributed by atoms with Crippen molar-refractivity contribution >= 4 is 17.5 Å². The van der Waals surface area contributed by atoms with Crippen molar-refractivity contribution in [1.29, 1.82) is 0 Å². The summed E-state index contributed by atoms with van der Waals surface area (Å²) in [4.78, 5) is 12.0. The average Bonchev–Trinajstić information content (AvgIpc) is 2.44. The molecule has 0 heterocycles. The summed E-state index contributed by atoms with van der Waals surface area (Å²) in [7, 11) is 0. The number of benzene rings is 1. The molecule has 1 fully saturated rings. The predicted octanol–water partition coefficient (Wildman–Crippen LogP) is 3.99. The lowest BCUT2D eigenvalue weighted by Gasteiger charge is -2.26. The van der Waals surface area contributed by atoms with Crippen molar-refractivity contribution in [3.05, 3.63) is 28.8 Å². The molecule has 1 aliphatic carbocycles. The van der Waals surface area contributed by atoms with Crippen LogP contribution in [0.4, 0.5) is 0 Å². The highest BCUT2D eigenvalue weighted by Crippen LogP contribution is 2.30. The van der Waals surface area contributed by atoms with Crippen LogP contribution in [-0.4, -0.2) is 17.6 Å². The molecule has 20 heavy (non-hydrogen) atoms. The van der Waals surface area contributed by atoms with E-state index in [2.05, 4.69) is 12.2 Å². The lowest BCUT2D eigenvalue weighted by molar-refractivity contribution is 0.0949. The molecule has 0 spiro atoms. The quantitative estimate of drug-likeness (QED) is 0.882. The first-order chi connectivity index (χ1) is 9.56. The van der Waals surface area contributed by atoms with Gasteiger partial charge in [0.25, 0.3) is 5.91 Å². The molecule has 2 rings (SSSR count). The molecule has 3 nitrogen and oxygen atoms in total. The van der Waals surface area contributed by atoms with Crippen molar-refractivity contribution < 1.29 is 9.90 Å². The first-order valence-electron chi connectivity index (χ1n) is 7.33. The van der Waals surface area contributed by atoms with Crippen molar-refractivity contribution in [2.45, 2.75) is 39.0 Å². The molecule has 0 bridgehead atoms. The summed E-state index contributed by atoms with van der Waals surface area (Å²) in [6.45, 7) is 3.02. The van der Waals surface area contributed by atoms with E-state index >= 15 is 0 Å². The maximum atomic E-state index is 12.0. The zero-order valence-electron chi connectivity index (χ0n) is 11.9. The van der Waals surface area contributed by atoms with Crippen LogP contribution < -0.4 is 5.32 Å². The number of halogens is 1. The van der Waals surface area contributed by atoms with Crippen LogP contribution in [0.5, 0.6) is 5.75 Å². The predicted molar refractivity (Wildman–Crippen MR) is 81.2 cm³/mol. The average molecular weight is 296 g/mol. The number of nitrogens with one attached hydrogen (secondary N) is 1. The largest absolute Gasteiger partial charge is 0.506 e. The standard InChI is InChI=1S/C16H22ClNO2/c1-11-2-4-12(5-3-11)8-9-18-16(20)13-6-7-15(19)14(17)10-13/h6-7,10-12,19H,2-5,8-9H2,1H3,(H,18,20). The molecule has 0 radical (unpaired) electrons. The van der Waals surface area contributed by atoms with E-state index in [1.54, 1.807) is 6.07 Å². The lowest BCUT2D eigenvalue weighted by atomic mass is 9.81. The van der Waals surface area contributed by atoms with Gasteiger partial charge in [-0.15, -0.1) is 0 Å². The number of carbonyl (C=O) groups excluding carboxylic acids is 1. The van der Waals surface area contributed by atoms with E-state index in [1.807, 2.05) is 0 Å². The van der Waals surface area contributed by atoms with E-state index in [4.69, 9.17) is 11.6 Å². The summed E-state index contributed by atoms with van der Waals surface area (Å²) in [6, 6.07) is 4.52. The molecule has 1 aliphatic rings. The monoisotopic (exact) mass is 295 g/mol. The van der Waals surface area contributed by atoms with Gasteiger partial charge in [0.2, 0.25) is 0 Å². The van der Waals surface area contributed by atoms with E-state index in [0.717, 1.165) is 18.3 Å². The molecule has 0 unspecified atom stereocenters. The molecule has 110 valence electrons. The maximum Gasteiger partial charge on any atom is 0.251 e. The Hall–Kier alpha value is -1.22. The van der Waals surface area contributed by atoms with E-state index in [9.17, 15) is 9.90 Å². The van der Waals surface area contributed by atoms with Gasteiger partial charge < -0.3 is 10.4 Å². The Labute approximate surface area is 125 Å². The van der Waals surface area contributed by atoms with Crippen LogP contribution in [0.2, 0.25) is 5.02 Å². The highest BCUT2D eigenvalue weighted by Gasteiger charge is 2.18. The Kier molecular flexibility index (Phi) is 5.30. The molecular formula is C16H22ClNO2. The second kappa shape index (κ2) is 6.98. The SMILES string of the molecule is CC1CCC(CCNC(=O)c2ccc(O)c(Cl)c2)CC1. The Morgan fingerprint density at radius 3 is 2.70 bits per heavy atom.